The molecule has 1 unspecified atom stereocenters. The van der Waals surface area contributed by atoms with Gasteiger partial charge in [0.25, 0.3) is 0 Å². The van der Waals surface area contributed by atoms with Crippen LogP contribution >= 0.6 is 11.3 Å². The van der Waals surface area contributed by atoms with Crippen LogP contribution < -0.4 is 5.32 Å². The van der Waals surface area contributed by atoms with E-state index in [2.05, 4.69) is 32.2 Å². The minimum absolute atomic E-state index is 0.0840. The van der Waals surface area contributed by atoms with Crippen LogP contribution in [0.25, 0.3) is 0 Å². The molecule has 1 aromatic carbocycles. The van der Waals surface area contributed by atoms with Crippen LogP contribution in [0.1, 0.15) is 44.2 Å². The molecule has 106 valence electrons. The molecule has 4 heteroatoms. The van der Waals surface area contributed by atoms with Gasteiger partial charge in [-0.3, -0.25) is 0 Å². The van der Waals surface area contributed by atoms with Crippen molar-refractivity contribution in [1.82, 2.24) is 0 Å². The summed E-state index contributed by atoms with van der Waals surface area (Å²) in [4.78, 5) is 13.9. The second kappa shape index (κ2) is 5.67. The Morgan fingerprint density at radius 1 is 1.25 bits per heavy atom. The summed E-state index contributed by atoms with van der Waals surface area (Å²) < 4.78 is 0. The molecule has 20 heavy (non-hydrogen) atoms. The predicted molar refractivity (Wildman–Crippen MR) is 84.0 cm³/mol. The highest BCUT2D eigenvalue weighted by molar-refractivity contribution is 7.12. The van der Waals surface area contributed by atoms with E-state index >= 15 is 0 Å². The highest BCUT2D eigenvalue weighted by Crippen LogP contribution is 2.29. The van der Waals surface area contributed by atoms with Gasteiger partial charge in [-0.05, 0) is 51.5 Å². The molecule has 0 aliphatic carbocycles. The van der Waals surface area contributed by atoms with E-state index in [-0.39, 0.29) is 6.04 Å². The lowest BCUT2D eigenvalue weighted by Crippen LogP contribution is -2.11. The fourth-order valence-electron chi connectivity index (χ4n) is 2.35. The summed E-state index contributed by atoms with van der Waals surface area (Å²) in [5, 5.41) is 12.6. The van der Waals surface area contributed by atoms with Crippen molar-refractivity contribution in [1.29, 1.82) is 0 Å². The third-order valence-electron chi connectivity index (χ3n) is 3.32. The van der Waals surface area contributed by atoms with Gasteiger partial charge in [0.05, 0.1) is 5.56 Å². The Balaban J connectivity index is 2.30. The summed E-state index contributed by atoms with van der Waals surface area (Å²) >= 11 is 1.76. The largest absolute Gasteiger partial charge is 0.478 e. The maximum Gasteiger partial charge on any atom is 0.337 e. The quantitative estimate of drug-likeness (QED) is 0.868. The topological polar surface area (TPSA) is 49.3 Å². The number of aryl methyl sites for hydroxylation is 3. The van der Waals surface area contributed by atoms with Crippen molar-refractivity contribution in [3.63, 3.8) is 0 Å². The van der Waals surface area contributed by atoms with Crippen LogP contribution in [0.4, 0.5) is 5.69 Å². The first-order valence-corrected chi connectivity index (χ1v) is 7.37. The molecule has 0 spiro atoms. The van der Waals surface area contributed by atoms with Gasteiger partial charge in [0, 0.05) is 21.5 Å². The Morgan fingerprint density at radius 2 is 1.95 bits per heavy atom. The van der Waals surface area contributed by atoms with Gasteiger partial charge in [-0.25, -0.2) is 4.79 Å². The standard InChI is InChI=1S/C16H19NO2S/c1-9-5-6-15(14(7-9)16(18)19)17-11(3)13-8-10(2)20-12(13)4/h5-8,11,17H,1-4H3,(H,18,19). The lowest BCUT2D eigenvalue weighted by molar-refractivity contribution is 0.0698. The van der Waals surface area contributed by atoms with Gasteiger partial charge in [0.1, 0.15) is 0 Å². The second-order valence-corrected chi connectivity index (χ2v) is 6.55. The zero-order valence-electron chi connectivity index (χ0n) is 12.2. The van der Waals surface area contributed by atoms with E-state index in [1.54, 1.807) is 17.4 Å². The Hall–Kier alpha value is -1.81. The Labute approximate surface area is 123 Å². The van der Waals surface area contributed by atoms with Crippen LogP contribution in [0.3, 0.4) is 0 Å². The van der Waals surface area contributed by atoms with Crippen LogP contribution in [-0.4, -0.2) is 11.1 Å². The van der Waals surface area contributed by atoms with E-state index < -0.39 is 5.97 Å². The number of carboxylic acids is 1. The molecular formula is C16H19NO2S. The van der Waals surface area contributed by atoms with Gasteiger partial charge >= 0.3 is 5.97 Å². The summed E-state index contributed by atoms with van der Waals surface area (Å²) in [5.41, 5.74) is 3.16. The molecule has 0 amide bonds. The minimum atomic E-state index is -0.901. The molecule has 0 aliphatic heterocycles. The Kier molecular flexibility index (Phi) is 4.14. The van der Waals surface area contributed by atoms with Crippen molar-refractivity contribution in [3.8, 4) is 0 Å². The maximum atomic E-state index is 11.3. The van der Waals surface area contributed by atoms with Gasteiger partial charge in [0.2, 0.25) is 0 Å². The summed E-state index contributed by atoms with van der Waals surface area (Å²) in [6.07, 6.45) is 0. The average Bonchev–Trinajstić information content (AvgIpc) is 2.70. The SMILES string of the molecule is Cc1ccc(NC(C)c2cc(C)sc2C)c(C(=O)O)c1. The molecular weight excluding hydrogens is 270 g/mol. The molecule has 0 saturated heterocycles. The highest BCUT2D eigenvalue weighted by Gasteiger charge is 2.15. The molecule has 2 aromatic rings. The maximum absolute atomic E-state index is 11.3. The van der Waals surface area contributed by atoms with Crippen LogP contribution in [0, 0.1) is 20.8 Å². The lowest BCUT2D eigenvalue weighted by atomic mass is 10.1. The monoisotopic (exact) mass is 289 g/mol. The molecule has 3 nitrogen and oxygen atoms in total. The summed E-state index contributed by atoms with van der Waals surface area (Å²) in [7, 11) is 0. The first-order chi connectivity index (χ1) is 9.38. The molecule has 1 aromatic heterocycles. The third-order valence-corrected chi connectivity index (χ3v) is 4.31. The molecule has 0 bridgehead atoms. The fraction of sp³-hybridized carbons (Fsp3) is 0.312. The number of hydrogen-bond acceptors (Lipinski definition) is 3. The van der Waals surface area contributed by atoms with Crippen LogP contribution in [0.15, 0.2) is 24.3 Å². The number of anilines is 1. The van der Waals surface area contributed by atoms with E-state index in [0.717, 1.165) is 5.56 Å². The van der Waals surface area contributed by atoms with Crippen LogP contribution in [0.2, 0.25) is 0 Å². The zero-order chi connectivity index (χ0) is 14.9. The summed E-state index contributed by atoms with van der Waals surface area (Å²) in [6.45, 7) is 8.13. The molecule has 2 rings (SSSR count). The Bertz CT molecular complexity index is 646. The van der Waals surface area contributed by atoms with Gasteiger partial charge in [-0.1, -0.05) is 11.6 Å². The van der Waals surface area contributed by atoms with Crippen molar-refractivity contribution in [2.75, 3.05) is 5.32 Å². The molecule has 2 N–H and O–H groups in total. The van der Waals surface area contributed by atoms with Crippen molar-refractivity contribution in [3.05, 3.63) is 50.7 Å². The van der Waals surface area contributed by atoms with E-state index in [1.807, 2.05) is 19.1 Å². The molecule has 1 atom stereocenters. The lowest BCUT2D eigenvalue weighted by Gasteiger charge is -2.17. The molecule has 0 fully saturated rings. The predicted octanol–water partition coefficient (Wildman–Crippen LogP) is 4.54. The Morgan fingerprint density at radius 3 is 2.50 bits per heavy atom. The fourth-order valence-corrected chi connectivity index (χ4v) is 3.37. The van der Waals surface area contributed by atoms with E-state index in [1.165, 1.54) is 15.3 Å². The number of nitrogens with one attached hydrogen (secondary N) is 1. The smallest absolute Gasteiger partial charge is 0.337 e. The van der Waals surface area contributed by atoms with Gasteiger partial charge < -0.3 is 10.4 Å². The van der Waals surface area contributed by atoms with E-state index in [0.29, 0.717) is 11.3 Å². The van der Waals surface area contributed by atoms with Crippen LogP contribution in [0.5, 0.6) is 0 Å². The molecule has 0 aliphatic rings. The second-order valence-electron chi connectivity index (χ2n) is 5.09. The summed E-state index contributed by atoms with van der Waals surface area (Å²) in [5.74, 6) is -0.901. The third kappa shape index (κ3) is 3.02. The number of hydrogen-bond donors (Lipinski definition) is 2. The van der Waals surface area contributed by atoms with E-state index in [9.17, 15) is 9.90 Å². The average molecular weight is 289 g/mol. The first kappa shape index (κ1) is 14.6. The number of benzene rings is 1. The summed E-state index contributed by atoms with van der Waals surface area (Å²) in [6, 6.07) is 7.70. The van der Waals surface area contributed by atoms with Crippen molar-refractivity contribution >= 4 is 23.0 Å². The number of carboxylic acid groups (broad SMARTS) is 1. The highest BCUT2D eigenvalue weighted by atomic mass is 32.1. The van der Waals surface area contributed by atoms with Gasteiger partial charge in [-0.2, -0.15) is 0 Å². The van der Waals surface area contributed by atoms with Crippen molar-refractivity contribution in [2.24, 2.45) is 0 Å². The van der Waals surface area contributed by atoms with Gasteiger partial charge in [-0.15, -0.1) is 11.3 Å². The number of thiophene rings is 1. The van der Waals surface area contributed by atoms with Crippen LogP contribution in [-0.2, 0) is 0 Å². The molecule has 0 radical (unpaired) electrons. The number of aromatic carboxylic acids is 1. The van der Waals surface area contributed by atoms with Gasteiger partial charge in [0.15, 0.2) is 0 Å². The molecule has 1 heterocycles. The number of rotatable bonds is 4. The minimum Gasteiger partial charge on any atom is -0.478 e. The van der Waals surface area contributed by atoms with E-state index in [4.69, 9.17) is 0 Å². The molecule has 0 saturated carbocycles. The number of carbonyl (C=O) groups is 1. The normalized spacial score (nSPS) is 12.2. The first-order valence-electron chi connectivity index (χ1n) is 6.56. The zero-order valence-corrected chi connectivity index (χ0v) is 13.0. The van der Waals surface area contributed by atoms with Crippen molar-refractivity contribution < 1.29 is 9.90 Å². The van der Waals surface area contributed by atoms with Crippen molar-refractivity contribution in [2.45, 2.75) is 33.7 Å².